The van der Waals surface area contributed by atoms with Crippen molar-refractivity contribution in [3.05, 3.63) is 59.8 Å². The van der Waals surface area contributed by atoms with Gasteiger partial charge in [0.05, 0.1) is 11.4 Å². The van der Waals surface area contributed by atoms with Gasteiger partial charge in [-0.1, -0.05) is 17.7 Å². The fraction of sp³-hybridized carbons (Fsp3) is 0.0588. The lowest BCUT2D eigenvalue weighted by molar-refractivity contribution is -0.139. The Morgan fingerprint density at radius 1 is 1.21 bits per heavy atom. The van der Waals surface area contributed by atoms with Crippen molar-refractivity contribution in [3.8, 4) is 28.4 Å². The number of carboxylic acids is 1. The van der Waals surface area contributed by atoms with Gasteiger partial charge in [-0.15, -0.1) is 0 Å². The molecule has 0 unspecified atom stereocenters. The van der Waals surface area contributed by atoms with Crippen molar-refractivity contribution in [1.82, 2.24) is 9.78 Å². The van der Waals surface area contributed by atoms with E-state index in [-0.39, 0.29) is 5.75 Å². The highest BCUT2D eigenvalue weighted by molar-refractivity contribution is 6.30. The van der Waals surface area contributed by atoms with Gasteiger partial charge in [0.1, 0.15) is 11.5 Å². The molecule has 0 atom stereocenters. The number of halogens is 1. The first-order valence-electron chi connectivity index (χ1n) is 7.02. The van der Waals surface area contributed by atoms with Gasteiger partial charge in [0, 0.05) is 22.8 Å². The molecule has 0 aliphatic rings. The number of ether oxygens (including phenoxy) is 1. The van der Waals surface area contributed by atoms with Crippen LogP contribution in [0.3, 0.4) is 0 Å². The smallest absolute Gasteiger partial charge is 0.341 e. The van der Waals surface area contributed by atoms with E-state index in [1.54, 1.807) is 47.3 Å². The summed E-state index contributed by atoms with van der Waals surface area (Å²) in [5.74, 6) is -0.529. The quantitative estimate of drug-likeness (QED) is 0.741. The summed E-state index contributed by atoms with van der Waals surface area (Å²) in [5, 5.41) is 23.5. The Balaban J connectivity index is 1.89. The fourth-order valence-electron chi connectivity index (χ4n) is 2.19. The van der Waals surface area contributed by atoms with Crippen LogP contribution in [0.15, 0.2) is 54.7 Å². The molecule has 6 nitrogen and oxygen atoms in total. The lowest BCUT2D eigenvalue weighted by atomic mass is 10.1. The van der Waals surface area contributed by atoms with Gasteiger partial charge in [-0.05, 0) is 36.4 Å². The molecule has 0 aliphatic carbocycles. The molecule has 3 aromatic rings. The van der Waals surface area contributed by atoms with Crippen molar-refractivity contribution in [3.63, 3.8) is 0 Å². The second-order valence-corrected chi connectivity index (χ2v) is 5.42. The third kappa shape index (κ3) is 3.49. The van der Waals surface area contributed by atoms with Crippen molar-refractivity contribution >= 4 is 17.6 Å². The third-order valence-electron chi connectivity index (χ3n) is 3.27. The Morgan fingerprint density at radius 3 is 2.83 bits per heavy atom. The lowest BCUT2D eigenvalue weighted by Crippen LogP contribution is -2.09. The number of hydrogen-bond acceptors (Lipinski definition) is 4. The summed E-state index contributed by atoms with van der Waals surface area (Å²) in [6.07, 6.45) is 1.73. The molecule has 2 N–H and O–H groups in total. The summed E-state index contributed by atoms with van der Waals surface area (Å²) in [6, 6.07) is 13.4. The zero-order valence-corrected chi connectivity index (χ0v) is 13.1. The summed E-state index contributed by atoms with van der Waals surface area (Å²) < 4.78 is 6.76. The van der Waals surface area contributed by atoms with Gasteiger partial charge >= 0.3 is 5.97 Å². The first-order valence-corrected chi connectivity index (χ1v) is 7.40. The van der Waals surface area contributed by atoms with Gasteiger partial charge in [-0.3, -0.25) is 0 Å². The van der Waals surface area contributed by atoms with Gasteiger partial charge in [0.2, 0.25) is 0 Å². The van der Waals surface area contributed by atoms with E-state index >= 15 is 0 Å². The monoisotopic (exact) mass is 344 g/mol. The number of benzene rings is 2. The molecule has 0 spiro atoms. The third-order valence-corrected chi connectivity index (χ3v) is 3.50. The summed E-state index contributed by atoms with van der Waals surface area (Å²) >= 11 is 5.96. The molecule has 0 aliphatic heterocycles. The van der Waals surface area contributed by atoms with Crippen molar-refractivity contribution in [1.29, 1.82) is 0 Å². The Hall–Kier alpha value is -2.99. The largest absolute Gasteiger partial charge is 0.507 e. The molecule has 0 saturated heterocycles. The number of aromatic hydroxyl groups is 1. The van der Waals surface area contributed by atoms with Crippen LogP contribution in [0.25, 0.3) is 16.9 Å². The normalized spacial score (nSPS) is 10.5. The molecule has 0 bridgehead atoms. The molecule has 0 fully saturated rings. The minimum Gasteiger partial charge on any atom is -0.507 e. The number of aliphatic carboxylic acids is 1. The number of nitrogens with zero attached hydrogens (tertiary/aromatic N) is 2. The number of aromatic nitrogens is 2. The minimum atomic E-state index is -1.04. The Bertz CT molecular complexity index is 892. The predicted octanol–water partition coefficient (Wildman–Crippen LogP) is 3.36. The van der Waals surface area contributed by atoms with E-state index in [2.05, 4.69) is 5.10 Å². The zero-order valence-electron chi connectivity index (χ0n) is 12.4. The number of rotatable bonds is 5. The second kappa shape index (κ2) is 6.64. The van der Waals surface area contributed by atoms with Crippen LogP contribution in [0.5, 0.6) is 11.5 Å². The molecule has 1 heterocycles. The van der Waals surface area contributed by atoms with E-state index in [4.69, 9.17) is 21.4 Å². The molecule has 2 aromatic carbocycles. The summed E-state index contributed by atoms with van der Waals surface area (Å²) in [5.41, 5.74) is 1.79. The van der Waals surface area contributed by atoms with E-state index in [1.807, 2.05) is 6.07 Å². The molecular formula is C17H13ClN2O4. The van der Waals surface area contributed by atoms with Crippen LogP contribution in [0.1, 0.15) is 0 Å². The summed E-state index contributed by atoms with van der Waals surface area (Å²) in [6.45, 7) is -0.413. The van der Waals surface area contributed by atoms with Crippen molar-refractivity contribution < 1.29 is 19.7 Å². The van der Waals surface area contributed by atoms with Gasteiger partial charge in [0.25, 0.3) is 0 Å². The average molecular weight is 345 g/mol. The second-order valence-electron chi connectivity index (χ2n) is 4.99. The first-order chi connectivity index (χ1) is 11.5. The van der Waals surface area contributed by atoms with Gasteiger partial charge in [-0.25, -0.2) is 9.48 Å². The maximum atomic E-state index is 10.6. The number of carbonyl (C=O) groups is 1. The molecule has 0 radical (unpaired) electrons. The van der Waals surface area contributed by atoms with Crippen LogP contribution in [0, 0.1) is 0 Å². The van der Waals surface area contributed by atoms with E-state index in [9.17, 15) is 9.90 Å². The molecular weight excluding hydrogens is 332 g/mol. The fourth-order valence-corrected chi connectivity index (χ4v) is 2.36. The van der Waals surface area contributed by atoms with Crippen LogP contribution < -0.4 is 4.74 Å². The summed E-state index contributed by atoms with van der Waals surface area (Å²) in [4.78, 5) is 10.6. The first kappa shape index (κ1) is 15.9. The van der Waals surface area contributed by atoms with Crippen molar-refractivity contribution in [2.45, 2.75) is 0 Å². The van der Waals surface area contributed by atoms with Crippen LogP contribution in [0.4, 0.5) is 0 Å². The van der Waals surface area contributed by atoms with Crippen molar-refractivity contribution in [2.75, 3.05) is 6.61 Å². The topological polar surface area (TPSA) is 84.6 Å². The Morgan fingerprint density at radius 2 is 2.04 bits per heavy atom. The molecule has 24 heavy (non-hydrogen) atoms. The van der Waals surface area contributed by atoms with Crippen molar-refractivity contribution in [2.24, 2.45) is 0 Å². The predicted molar refractivity (Wildman–Crippen MR) is 88.8 cm³/mol. The van der Waals surface area contributed by atoms with E-state index < -0.39 is 12.6 Å². The van der Waals surface area contributed by atoms with Crippen LogP contribution in [0.2, 0.25) is 5.02 Å². The maximum Gasteiger partial charge on any atom is 0.341 e. The summed E-state index contributed by atoms with van der Waals surface area (Å²) in [7, 11) is 0. The van der Waals surface area contributed by atoms with E-state index in [0.29, 0.717) is 27.7 Å². The Labute approximate surface area is 142 Å². The molecule has 0 amide bonds. The highest BCUT2D eigenvalue weighted by Gasteiger charge is 2.10. The van der Waals surface area contributed by atoms with E-state index in [1.165, 1.54) is 6.07 Å². The standard InChI is InChI=1S/C17H13ClN2O4/c18-11-4-5-16(21)14(8-11)15-6-7-20(19-15)12-2-1-3-13(9-12)24-10-17(22)23/h1-9,21H,10H2,(H,22,23). The molecule has 0 saturated carbocycles. The van der Waals surface area contributed by atoms with E-state index in [0.717, 1.165) is 0 Å². The number of hydrogen-bond donors (Lipinski definition) is 2. The SMILES string of the molecule is O=C(O)COc1cccc(-n2ccc(-c3cc(Cl)ccc3O)n2)c1. The van der Waals surface area contributed by atoms with Gasteiger partial charge in [-0.2, -0.15) is 5.10 Å². The number of carboxylic acid groups (broad SMARTS) is 1. The molecule has 122 valence electrons. The van der Waals surface area contributed by atoms with Crippen LogP contribution >= 0.6 is 11.6 Å². The number of phenols is 1. The van der Waals surface area contributed by atoms with Gasteiger partial charge < -0.3 is 14.9 Å². The van der Waals surface area contributed by atoms with Crippen LogP contribution in [-0.4, -0.2) is 32.6 Å². The highest BCUT2D eigenvalue weighted by atomic mass is 35.5. The van der Waals surface area contributed by atoms with Gasteiger partial charge in [0.15, 0.2) is 6.61 Å². The number of phenolic OH excluding ortho intramolecular Hbond substituents is 1. The molecule has 1 aromatic heterocycles. The zero-order chi connectivity index (χ0) is 17.1. The molecule has 3 rings (SSSR count). The Kier molecular flexibility index (Phi) is 4.39. The highest BCUT2D eigenvalue weighted by Crippen LogP contribution is 2.31. The van der Waals surface area contributed by atoms with Crippen LogP contribution in [-0.2, 0) is 4.79 Å². The lowest BCUT2D eigenvalue weighted by Gasteiger charge is -2.06. The average Bonchev–Trinajstić information content (AvgIpc) is 3.05. The molecule has 7 heteroatoms. The minimum absolute atomic E-state index is 0.0863. The maximum absolute atomic E-state index is 10.6.